The molecule has 0 bridgehead atoms. The molecule has 0 aromatic heterocycles. The second-order valence-electron chi connectivity index (χ2n) is 3.27. The van der Waals surface area contributed by atoms with Gasteiger partial charge in [0.2, 0.25) is 0 Å². The van der Waals surface area contributed by atoms with E-state index in [0.29, 0.717) is 0 Å². The minimum absolute atomic E-state index is 0. The van der Waals surface area contributed by atoms with E-state index in [-0.39, 0.29) is 38.6 Å². The average molecular weight is 284 g/mol. The molecule has 0 aromatic carbocycles. The molecule has 0 unspecified atom stereocenters. The summed E-state index contributed by atoms with van der Waals surface area (Å²) >= 11 is 0. The van der Waals surface area contributed by atoms with Crippen LogP contribution in [-0.2, 0) is 26.2 Å². The maximum atomic E-state index is 2.22. The van der Waals surface area contributed by atoms with Crippen molar-refractivity contribution in [2.24, 2.45) is 0 Å². The van der Waals surface area contributed by atoms with Crippen molar-refractivity contribution in [3.05, 3.63) is 53.5 Å². The van der Waals surface area contributed by atoms with Crippen molar-refractivity contribution >= 4 is 0 Å². The van der Waals surface area contributed by atoms with Crippen LogP contribution in [0.15, 0.2) is 47.6 Å². The first-order chi connectivity index (χ1) is 5.88. The number of rotatable bonds is 2. The average Bonchev–Trinajstić information content (AvgIpc) is 2.77. The van der Waals surface area contributed by atoms with Crippen molar-refractivity contribution in [1.82, 2.24) is 0 Å². The topological polar surface area (TPSA) is 0 Å². The van der Waals surface area contributed by atoms with E-state index in [9.17, 15) is 0 Å². The molecule has 0 nitrogen and oxygen atoms in total. The molecule has 2 rings (SSSR count). The fourth-order valence-corrected chi connectivity index (χ4v) is 1.66. The maximum absolute atomic E-state index is 2.22. The quantitative estimate of drug-likeness (QED) is 0.642. The van der Waals surface area contributed by atoms with Crippen molar-refractivity contribution in [2.45, 2.75) is 19.8 Å². The summed E-state index contributed by atoms with van der Waals surface area (Å²) in [5.41, 5.74) is 2.95. The summed E-state index contributed by atoms with van der Waals surface area (Å²) in [5.74, 6) is 1.46. The molecule has 0 spiro atoms. The van der Waals surface area contributed by atoms with E-state index in [2.05, 4.69) is 43.4 Å². The van der Waals surface area contributed by atoms with Crippen LogP contribution in [0, 0.1) is 5.92 Å². The van der Waals surface area contributed by atoms with Crippen LogP contribution in [0.3, 0.4) is 0 Å². The Morgan fingerprint density at radius 3 is 1.71 bits per heavy atom. The van der Waals surface area contributed by atoms with Gasteiger partial charge in [0, 0.05) is 0 Å². The van der Waals surface area contributed by atoms with Gasteiger partial charge in [-0.2, -0.15) is 18.1 Å². The van der Waals surface area contributed by atoms with E-state index < -0.39 is 0 Å². The molecule has 0 aromatic rings. The minimum Gasteiger partial charge on any atom is -1.00 e. The Hall–Kier alpha value is 0.00312. The summed E-state index contributed by atoms with van der Waals surface area (Å²) in [6, 6.07) is 0. The first-order valence-electron chi connectivity index (χ1n) is 4.43. The monoisotopic (exact) mass is 282 g/mol. The summed E-state index contributed by atoms with van der Waals surface area (Å²) in [6.07, 6.45) is 15.4. The fourth-order valence-electron chi connectivity index (χ4n) is 1.66. The SMILES string of the molecule is C[C-](C1=CC=CC1)C1=CC=CC1.[Cl-].[Zr+2]. The number of hydrogen-bond acceptors (Lipinski definition) is 0. The second-order valence-corrected chi connectivity index (χ2v) is 3.27. The Morgan fingerprint density at radius 2 is 1.43 bits per heavy atom. The van der Waals surface area contributed by atoms with Gasteiger partial charge in [0.15, 0.2) is 0 Å². The van der Waals surface area contributed by atoms with Crippen LogP contribution in [0.4, 0.5) is 0 Å². The third-order valence-electron chi connectivity index (χ3n) is 2.51. The zero-order chi connectivity index (χ0) is 8.39. The fraction of sp³-hybridized carbons (Fsp3) is 0.250. The standard InChI is InChI=1S/C12H13.ClH.Zr/c1-10(11-6-2-3-7-11)12-8-4-5-9-12;;/h2-6,8H,7,9H2,1H3;1H;/q-1;;+2/p-1. The van der Waals surface area contributed by atoms with Gasteiger partial charge < -0.3 is 12.4 Å². The first-order valence-corrected chi connectivity index (χ1v) is 4.43. The maximum Gasteiger partial charge on any atom is 2.00 e. The van der Waals surface area contributed by atoms with Gasteiger partial charge in [0.05, 0.1) is 0 Å². The van der Waals surface area contributed by atoms with Crippen LogP contribution >= 0.6 is 0 Å². The van der Waals surface area contributed by atoms with Crippen molar-refractivity contribution < 1.29 is 38.6 Å². The molecular weight excluding hydrogens is 271 g/mol. The molecule has 2 heteroatoms. The zero-order valence-corrected chi connectivity index (χ0v) is 11.5. The van der Waals surface area contributed by atoms with Gasteiger partial charge in [0.25, 0.3) is 0 Å². The van der Waals surface area contributed by atoms with Gasteiger partial charge in [-0.05, 0) is 12.8 Å². The smallest absolute Gasteiger partial charge is 1.00 e. The van der Waals surface area contributed by atoms with Crippen LogP contribution in [0.25, 0.3) is 0 Å². The number of hydrogen-bond donors (Lipinski definition) is 0. The molecule has 0 radical (unpaired) electrons. The van der Waals surface area contributed by atoms with Crippen LogP contribution in [-0.4, -0.2) is 0 Å². The Balaban J connectivity index is 0.000000845. The van der Waals surface area contributed by atoms with E-state index in [1.165, 1.54) is 17.1 Å². The third kappa shape index (κ3) is 3.00. The van der Waals surface area contributed by atoms with Gasteiger partial charge in [-0.15, -0.1) is 23.3 Å². The third-order valence-corrected chi connectivity index (χ3v) is 2.51. The van der Waals surface area contributed by atoms with E-state index in [1.54, 1.807) is 0 Å². The summed E-state index contributed by atoms with van der Waals surface area (Å²) in [6.45, 7) is 2.22. The van der Waals surface area contributed by atoms with Crippen LogP contribution in [0.2, 0.25) is 0 Å². The molecule has 0 fully saturated rings. The molecule has 2 aliphatic rings. The predicted octanol–water partition coefficient (Wildman–Crippen LogP) is 0.355. The van der Waals surface area contributed by atoms with E-state index in [4.69, 9.17) is 0 Å². The van der Waals surface area contributed by atoms with Gasteiger partial charge in [-0.3, -0.25) is 0 Å². The summed E-state index contributed by atoms with van der Waals surface area (Å²) < 4.78 is 0. The molecule has 0 atom stereocenters. The molecule has 14 heavy (non-hydrogen) atoms. The van der Waals surface area contributed by atoms with Gasteiger partial charge in [0.1, 0.15) is 0 Å². The number of halogens is 1. The van der Waals surface area contributed by atoms with Crippen molar-refractivity contribution in [1.29, 1.82) is 0 Å². The zero-order valence-electron chi connectivity index (χ0n) is 8.26. The van der Waals surface area contributed by atoms with Gasteiger partial charge in [-0.1, -0.05) is 19.1 Å². The normalized spacial score (nSPS) is 16.9. The summed E-state index contributed by atoms with van der Waals surface area (Å²) in [4.78, 5) is 0. The van der Waals surface area contributed by atoms with E-state index in [0.717, 1.165) is 12.8 Å². The Bertz CT molecular complexity index is 267. The molecule has 0 N–H and O–H groups in total. The Labute approximate surface area is 111 Å². The molecule has 0 saturated heterocycles. The van der Waals surface area contributed by atoms with Crippen molar-refractivity contribution in [3.63, 3.8) is 0 Å². The Morgan fingerprint density at radius 1 is 1.00 bits per heavy atom. The van der Waals surface area contributed by atoms with Crippen LogP contribution in [0.1, 0.15) is 19.8 Å². The van der Waals surface area contributed by atoms with Gasteiger partial charge >= 0.3 is 26.2 Å². The first kappa shape index (κ1) is 14.0. The molecule has 0 amide bonds. The molecular formula is C12H13ClZr. The molecule has 2 aliphatic carbocycles. The molecule has 0 saturated carbocycles. The van der Waals surface area contributed by atoms with E-state index >= 15 is 0 Å². The Kier molecular flexibility index (Phi) is 6.48. The molecule has 72 valence electrons. The summed E-state index contributed by atoms with van der Waals surface area (Å²) in [7, 11) is 0. The van der Waals surface area contributed by atoms with Crippen molar-refractivity contribution in [3.8, 4) is 0 Å². The second kappa shape index (κ2) is 6.48. The van der Waals surface area contributed by atoms with Gasteiger partial charge in [-0.25, -0.2) is 0 Å². The van der Waals surface area contributed by atoms with Crippen molar-refractivity contribution in [2.75, 3.05) is 0 Å². The molecule has 0 heterocycles. The predicted molar refractivity (Wildman–Crippen MR) is 52.6 cm³/mol. The minimum atomic E-state index is 0. The number of allylic oxidation sites excluding steroid dienone is 8. The van der Waals surface area contributed by atoms with Crippen LogP contribution < -0.4 is 12.4 Å². The summed E-state index contributed by atoms with van der Waals surface area (Å²) in [5, 5.41) is 0. The van der Waals surface area contributed by atoms with Crippen LogP contribution in [0.5, 0.6) is 0 Å². The molecule has 0 aliphatic heterocycles. The largest absolute Gasteiger partial charge is 2.00 e. The van der Waals surface area contributed by atoms with E-state index in [1.807, 2.05) is 0 Å².